The molecule has 84 valence electrons. The van der Waals surface area contributed by atoms with E-state index < -0.39 is 0 Å². The van der Waals surface area contributed by atoms with E-state index in [1.165, 1.54) is 5.56 Å². The summed E-state index contributed by atoms with van der Waals surface area (Å²) in [6, 6.07) is 10.3. The molecule has 0 aliphatic heterocycles. The van der Waals surface area contributed by atoms with Gasteiger partial charge in [0.1, 0.15) is 0 Å². The summed E-state index contributed by atoms with van der Waals surface area (Å²) in [6.45, 7) is 3.61. The van der Waals surface area contributed by atoms with Gasteiger partial charge >= 0.3 is 0 Å². The molecule has 0 saturated carbocycles. The van der Waals surface area contributed by atoms with Crippen LogP contribution < -0.4 is 5.73 Å². The molecule has 0 saturated heterocycles. The lowest BCUT2D eigenvalue weighted by molar-refractivity contribution is 0.222. The Kier molecular flexibility index (Phi) is 6.00. The molecule has 0 amide bonds. The van der Waals surface area contributed by atoms with Crippen LogP contribution in [0.4, 0.5) is 0 Å². The van der Waals surface area contributed by atoms with Crippen molar-refractivity contribution in [2.45, 2.75) is 13.0 Å². The first-order valence-electron chi connectivity index (χ1n) is 5.44. The van der Waals surface area contributed by atoms with Crippen molar-refractivity contribution in [1.82, 2.24) is 4.90 Å². The van der Waals surface area contributed by atoms with Crippen LogP contribution in [0.15, 0.2) is 30.3 Å². The Hall–Kier alpha value is -0.900. The average Bonchev–Trinajstić information content (AvgIpc) is 2.28. The zero-order chi connectivity index (χ0) is 10.9. The van der Waals surface area contributed by atoms with Gasteiger partial charge in [0.05, 0.1) is 0 Å². The average molecular weight is 208 g/mol. The second kappa shape index (κ2) is 7.40. The first-order valence-corrected chi connectivity index (χ1v) is 5.44. The highest BCUT2D eigenvalue weighted by atomic mass is 16.3. The number of nitrogens with zero attached hydrogens (tertiary/aromatic N) is 1. The Labute approximate surface area is 91.5 Å². The Morgan fingerprint density at radius 2 is 1.87 bits per heavy atom. The minimum absolute atomic E-state index is 0.246. The van der Waals surface area contributed by atoms with Gasteiger partial charge in [-0.25, -0.2) is 0 Å². The molecule has 1 aromatic rings. The topological polar surface area (TPSA) is 49.5 Å². The van der Waals surface area contributed by atoms with Gasteiger partial charge in [-0.1, -0.05) is 30.3 Å². The predicted molar refractivity (Wildman–Crippen MR) is 62.5 cm³/mol. The van der Waals surface area contributed by atoms with Crippen LogP contribution in [0.5, 0.6) is 0 Å². The number of aliphatic hydroxyl groups is 1. The van der Waals surface area contributed by atoms with Gasteiger partial charge in [0.25, 0.3) is 0 Å². The molecule has 3 nitrogen and oxygen atoms in total. The third kappa shape index (κ3) is 4.93. The van der Waals surface area contributed by atoms with E-state index in [0.717, 1.165) is 26.1 Å². The summed E-state index contributed by atoms with van der Waals surface area (Å²) in [7, 11) is 0. The smallest absolute Gasteiger partial charge is 0.0443 e. The maximum absolute atomic E-state index is 8.79. The van der Waals surface area contributed by atoms with Gasteiger partial charge in [-0.2, -0.15) is 0 Å². The van der Waals surface area contributed by atoms with Gasteiger partial charge < -0.3 is 10.8 Å². The van der Waals surface area contributed by atoms with E-state index >= 15 is 0 Å². The largest absolute Gasteiger partial charge is 0.396 e. The van der Waals surface area contributed by atoms with Crippen LogP contribution in [-0.4, -0.2) is 36.2 Å². The van der Waals surface area contributed by atoms with Crippen LogP contribution in [-0.2, 0) is 6.54 Å². The Morgan fingerprint density at radius 1 is 1.13 bits per heavy atom. The summed E-state index contributed by atoms with van der Waals surface area (Å²) < 4.78 is 0. The molecule has 0 radical (unpaired) electrons. The molecule has 0 heterocycles. The van der Waals surface area contributed by atoms with Crippen LogP contribution >= 0.6 is 0 Å². The van der Waals surface area contributed by atoms with Crippen LogP contribution in [0.1, 0.15) is 12.0 Å². The summed E-state index contributed by atoms with van der Waals surface area (Å²) >= 11 is 0. The Balaban J connectivity index is 2.43. The summed E-state index contributed by atoms with van der Waals surface area (Å²) in [5.74, 6) is 0. The van der Waals surface area contributed by atoms with Gasteiger partial charge in [0.2, 0.25) is 0 Å². The van der Waals surface area contributed by atoms with Gasteiger partial charge in [0.15, 0.2) is 0 Å². The normalized spacial score (nSPS) is 10.9. The first kappa shape index (κ1) is 12.2. The molecule has 0 atom stereocenters. The van der Waals surface area contributed by atoms with Gasteiger partial charge in [0, 0.05) is 32.8 Å². The maximum atomic E-state index is 8.79. The summed E-state index contributed by atoms with van der Waals surface area (Å²) in [5, 5.41) is 8.79. The summed E-state index contributed by atoms with van der Waals surface area (Å²) in [4.78, 5) is 2.27. The molecule has 0 bridgehead atoms. The lowest BCUT2D eigenvalue weighted by Gasteiger charge is -2.21. The SMILES string of the molecule is NCCN(CCCO)Cc1ccccc1. The molecule has 0 spiro atoms. The highest BCUT2D eigenvalue weighted by Crippen LogP contribution is 2.04. The van der Waals surface area contributed by atoms with Crippen LogP contribution in [0.3, 0.4) is 0 Å². The van der Waals surface area contributed by atoms with Gasteiger partial charge in [-0.05, 0) is 12.0 Å². The Morgan fingerprint density at radius 3 is 2.47 bits per heavy atom. The fourth-order valence-corrected chi connectivity index (χ4v) is 1.59. The van der Waals surface area contributed by atoms with E-state index in [1.54, 1.807) is 0 Å². The number of hydrogen-bond donors (Lipinski definition) is 2. The monoisotopic (exact) mass is 208 g/mol. The van der Waals surface area contributed by atoms with Gasteiger partial charge in [-0.3, -0.25) is 4.90 Å². The molecule has 3 N–H and O–H groups in total. The van der Waals surface area contributed by atoms with Crippen molar-refractivity contribution in [2.75, 3.05) is 26.2 Å². The number of nitrogens with two attached hydrogens (primary N) is 1. The molecule has 3 heteroatoms. The van der Waals surface area contributed by atoms with Crippen LogP contribution in [0.2, 0.25) is 0 Å². The lowest BCUT2D eigenvalue weighted by atomic mass is 10.2. The lowest BCUT2D eigenvalue weighted by Crippen LogP contribution is -2.30. The number of benzene rings is 1. The van der Waals surface area contributed by atoms with Crippen molar-refractivity contribution in [3.63, 3.8) is 0 Å². The second-order valence-electron chi connectivity index (χ2n) is 3.63. The van der Waals surface area contributed by atoms with Gasteiger partial charge in [-0.15, -0.1) is 0 Å². The van der Waals surface area contributed by atoms with Crippen molar-refractivity contribution >= 4 is 0 Å². The quantitative estimate of drug-likeness (QED) is 0.698. The standard InChI is InChI=1S/C12H20N2O/c13-7-9-14(8-4-10-15)11-12-5-2-1-3-6-12/h1-3,5-6,15H,4,7-11,13H2. The maximum Gasteiger partial charge on any atom is 0.0443 e. The zero-order valence-corrected chi connectivity index (χ0v) is 9.10. The summed E-state index contributed by atoms with van der Waals surface area (Å²) in [5.41, 5.74) is 6.85. The fourth-order valence-electron chi connectivity index (χ4n) is 1.59. The minimum atomic E-state index is 0.246. The van der Waals surface area contributed by atoms with E-state index in [4.69, 9.17) is 10.8 Å². The summed E-state index contributed by atoms with van der Waals surface area (Å²) in [6.07, 6.45) is 0.812. The molecule has 15 heavy (non-hydrogen) atoms. The third-order valence-electron chi connectivity index (χ3n) is 2.33. The molecule has 0 aromatic heterocycles. The molecule has 0 aliphatic carbocycles. The van der Waals surface area contributed by atoms with E-state index in [0.29, 0.717) is 6.54 Å². The van der Waals surface area contributed by atoms with Crippen molar-refractivity contribution in [3.05, 3.63) is 35.9 Å². The molecule has 0 unspecified atom stereocenters. The number of hydrogen-bond acceptors (Lipinski definition) is 3. The predicted octanol–water partition coefficient (Wildman–Crippen LogP) is 0.830. The first-order chi connectivity index (χ1) is 7.36. The van der Waals surface area contributed by atoms with E-state index in [1.807, 2.05) is 18.2 Å². The van der Waals surface area contributed by atoms with Crippen molar-refractivity contribution in [1.29, 1.82) is 0 Å². The molecular weight excluding hydrogens is 188 g/mol. The molecule has 0 fully saturated rings. The Bertz CT molecular complexity index is 251. The van der Waals surface area contributed by atoms with E-state index in [9.17, 15) is 0 Å². The highest BCUT2D eigenvalue weighted by Gasteiger charge is 2.03. The van der Waals surface area contributed by atoms with Crippen LogP contribution in [0.25, 0.3) is 0 Å². The highest BCUT2D eigenvalue weighted by molar-refractivity contribution is 5.14. The van der Waals surface area contributed by atoms with E-state index in [2.05, 4.69) is 17.0 Å². The molecule has 0 aliphatic rings. The minimum Gasteiger partial charge on any atom is -0.396 e. The number of aliphatic hydroxyl groups excluding tert-OH is 1. The fraction of sp³-hybridized carbons (Fsp3) is 0.500. The zero-order valence-electron chi connectivity index (χ0n) is 9.10. The second-order valence-corrected chi connectivity index (χ2v) is 3.63. The van der Waals surface area contributed by atoms with E-state index in [-0.39, 0.29) is 6.61 Å². The van der Waals surface area contributed by atoms with Crippen LogP contribution in [0, 0.1) is 0 Å². The molecule has 1 aromatic carbocycles. The number of rotatable bonds is 7. The van der Waals surface area contributed by atoms with Crippen molar-refractivity contribution in [3.8, 4) is 0 Å². The molecular formula is C12H20N2O. The molecule has 1 rings (SSSR count). The van der Waals surface area contributed by atoms with Crippen molar-refractivity contribution < 1.29 is 5.11 Å². The third-order valence-corrected chi connectivity index (χ3v) is 2.33. The van der Waals surface area contributed by atoms with Crippen molar-refractivity contribution in [2.24, 2.45) is 5.73 Å².